The van der Waals surface area contributed by atoms with Crippen LogP contribution in [0.1, 0.15) is 79.7 Å². The smallest absolute Gasteiger partial charge is 0.408 e. The molecule has 1 aromatic carbocycles. The molecule has 0 saturated heterocycles. The summed E-state index contributed by atoms with van der Waals surface area (Å²) in [5.41, 5.74) is -0.632. The number of nitrogens with one attached hydrogen (secondary N) is 1. The van der Waals surface area contributed by atoms with E-state index in [1.54, 1.807) is 60.6 Å². The van der Waals surface area contributed by atoms with Gasteiger partial charge < -0.3 is 19.5 Å². The number of hydrogen-bond acceptors (Lipinski definition) is 9. The van der Waals surface area contributed by atoms with E-state index in [1.807, 2.05) is 6.92 Å². The maximum Gasteiger partial charge on any atom is 0.408 e. The van der Waals surface area contributed by atoms with E-state index in [2.05, 4.69) is 5.32 Å². The lowest BCUT2D eigenvalue weighted by Gasteiger charge is -2.27. The second-order valence-electron chi connectivity index (χ2n) is 11.0. The third-order valence-electron chi connectivity index (χ3n) is 5.05. The number of hydrogen-bond donors (Lipinski definition) is 1. The molecule has 11 heteroatoms. The van der Waals surface area contributed by atoms with Gasteiger partial charge in [-0.25, -0.2) is 9.59 Å². The molecule has 2 atom stereocenters. The maximum absolute atomic E-state index is 12.8. The van der Waals surface area contributed by atoms with Crippen LogP contribution in [0, 0.1) is 12.8 Å². The Kier molecular flexibility index (Phi) is 12.7. The van der Waals surface area contributed by atoms with Crippen molar-refractivity contribution in [2.24, 2.45) is 5.92 Å². The van der Waals surface area contributed by atoms with E-state index in [0.29, 0.717) is 0 Å². The molecule has 0 radical (unpaired) electrons. The third-order valence-corrected chi connectivity index (χ3v) is 6.38. The standard InChI is InChI=1S/C27H43NO9S/c1-9-34-23(29)20(11-10-18-35-38(32,33)21-15-12-19(2)13-16-21)14-17-22(24(30)36-26(3,4)5)28-25(31)37-27(6,7)8/h12-13,15-16,20,22H,9-11,14,17-18H2,1-8H3,(H,28,31)/t20?,22-/m0/s1. The largest absolute Gasteiger partial charge is 0.466 e. The number of benzene rings is 1. The molecule has 10 nitrogen and oxygen atoms in total. The lowest BCUT2D eigenvalue weighted by molar-refractivity contribution is -0.158. The van der Waals surface area contributed by atoms with Crippen molar-refractivity contribution in [3.8, 4) is 0 Å². The fourth-order valence-corrected chi connectivity index (χ4v) is 4.29. The Labute approximate surface area is 226 Å². The highest BCUT2D eigenvalue weighted by Crippen LogP contribution is 2.21. The van der Waals surface area contributed by atoms with Gasteiger partial charge in [0.25, 0.3) is 10.1 Å². The molecule has 0 fully saturated rings. The zero-order valence-electron chi connectivity index (χ0n) is 23.8. The average molecular weight is 558 g/mol. The highest BCUT2D eigenvalue weighted by atomic mass is 32.2. The van der Waals surface area contributed by atoms with Crippen molar-refractivity contribution in [3.05, 3.63) is 29.8 Å². The van der Waals surface area contributed by atoms with Gasteiger partial charge >= 0.3 is 18.0 Å². The van der Waals surface area contributed by atoms with Crippen LogP contribution in [0.4, 0.5) is 4.79 Å². The molecule has 0 bridgehead atoms. The molecule has 216 valence electrons. The first kappa shape index (κ1) is 33.4. The molecular formula is C27H43NO9S. The summed E-state index contributed by atoms with van der Waals surface area (Å²) in [6, 6.07) is 5.25. The number of amides is 1. The average Bonchev–Trinajstić information content (AvgIpc) is 2.75. The topological polar surface area (TPSA) is 134 Å². The van der Waals surface area contributed by atoms with Gasteiger partial charge in [0.15, 0.2) is 0 Å². The first-order chi connectivity index (χ1) is 17.4. The molecule has 0 spiro atoms. The van der Waals surface area contributed by atoms with Crippen molar-refractivity contribution in [1.29, 1.82) is 0 Å². The molecular weight excluding hydrogens is 514 g/mol. The Hall–Kier alpha value is -2.66. The van der Waals surface area contributed by atoms with Gasteiger partial charge in [-0.15, -0.1) is 0 Å². The number of rotatable bonds is 13. The van der Waals surface area contributed by atoms with Gasteiger partial charge in [-0.05, 0) is 93.2 Å². The van der Waals surface area contributed by atoms with Gasteiger partial charge in [0.05, 0.1) is 24.0 Å². The van der Waals surface area contributed by atoms with Crippen LogP contribution in [0.25, 0.3) is 0 Å². The van der Waals surface area contributed by atoms with Crippen LogP contribution in [-0.4, -0.2) is 56.9 Å². The number of ether oxygens (including phenoxy) is 3. The number of alkyl carbamates (subject to hydrolysis) is 1. The molecule has 1 amide bonds. The first-order valence-electron chi connectivity index (χ1n) is 12.8. The number of aryl methyl sites for hydroxylation is 1. The fourth-order valence-electron chi connectivity index (χ4n) is 3.35. The summed E-state index contributed by atoms with van der Waals surface area (Å²) < 4.78 is 45.9. The van der Waals surface area contributed by atoms with E-state index < -0.39 is 51.3 Å². The Morgan fingerprint density at radius 2 is 1.45 bits per heavy atom. The molecule has 1 aromatic rings. The lowest BCUT2D eigenvalue weighted by atomic mass is 9.95. The van der Waals surface area contributed by atoms with Gasteiger partial charge in [-0.2, -0.15) is 8.42 Å². The van der Waals surface area contributed by atoms with Gasteiger partial charge in [0.2, 0.25) is 0 Å². The van der Waals surface area contributed by atoms with E-state index in [1.165, 1.54) is 12.1 Å². The molecule has 1 rings (SSSR count). The highest BCUT2D eigenvalue weighted by molar-refractivity contribution is 7.86. The summed E-state index contributed by atoms with van der Waals surface area (Å²) in [4.78, 5) is 37.8. The predicted octanol–water partition coefficient (Wildman–Crippen LogP) is 4.68. The van der Waals surface area contributed by atoms with Crippen molar-refractivity contribution in [1.82, 2.24) is 5.32 Å². The van der Waals surface area contributed by atoms with Crippen LogP contribution in [0.15, 0.2) is 29.2 Å². The van der Waals surface area contributed by atoms with Crippen LogP contribution >= 0.6 is 0 Å². The normalized spacial score (nSPS) is 13.8. The van der Waals surface area contributed by atoms with E-state index in [9.17, 15) is 22.8 Å². The first-order valence-corrected chi connectivity index (χ1v) is 14.2. The number of esters is 2. The lowest BCUT2D eigenvalue weighted by Crippen LogP contribution is -2.46. The second kappa shape index (κ2) is 14.5. The molecule has 0 aliphatic heterocycles. The molecule has 38 heavy (non-hydrogen) atoms. The zero-order valence-corrected chi connectivity index (χ0v) is 24.6. The minimum atomic E-state index is -3.93. The minimum absolute atomic E-state index is 0.0541. The summed E-state index contributed by atoms with van der Waals surface area (Å²) >= 11 is 0. The van der Waals surface area contributed by atoms with E-state index in [0.717, 1.165) is 5.56 Å². The van der Waals surface area contributed by atoms with Crippen LogP contribution in [0.3, 0.4) is 0 Å². The molecule has 0 aliphatic rings. The van der Waals surface area contributed by atoms with Gasteiger partial charge in [0, 0.05) is 0 Å². The van der Waals surface area contributed by atoms with Crippen molar-refractivity contribution < 1.29 is 41.2 Å². The quantitative estimate of drug-likeness (QED) is 0.159. The summed E-state index contributed by atoms with van der Waals surface area (Å²) in [6.45, 7) is 13.8. The molecule has 1 unspecified atom stereocenters. The van der Waals surface area contributed by atoms with Crippen LogP contribution in [0.5, 0.6) is 0 Å². The van der Waals surface area contributed by atoms with Crippen LogP contribution < -0.4 is 5.32 Å². The number of carbonyl (C=O) groups is 3. The highest BCUT2D eigenvalue weighted by Gasteiger charge is 2.31. The molecule has 0 heterocycles. The Morgan fingerprint density at radius 3 is 1.97 bits per heavy atom. The SMILES string of the molecule is CCOC(=O)C(CCCOS(=O)(=O)c1ccc(C)cc1)CC[C@H](NC(=O)OC(C)(C)C)C(=O)OC(C)(C)C. The molecule has 1 N–H and O–H groups in total. The fraction of sp³-hybridized carbons (Fsp3) is 0.667. The summed E-state index contributed by atoms with van der Waals surface area (Å²) in [6.07, 6.45) is 0.000347. The summed E-state index contributed by atoms with van der Waals surface area (Å²) in [7, 11) is -3.93. The molecule has 0 saturated carbocycles. The van der Waals surface area contributed by atoms with Crippen molar-refractivity contribution >= 4 is 28.1 Å². The van der Waals surface area contributed by atoms with E-state index >= 15 is 0 Å². The zero-order chi connectivity index (χ0) is 29.1. The van der Waals surface area contributed by atoms with Crippen LogP contribution in [-0.2, 0) is 38.1 Å². The number of carbonyl (C=O) groups excluding carboxylic acids is 3. The minimum Gasteiger partial charge on any atom is -0.466 e. The predicted molar refractivity (Wildman–Crippen MR) is 142 cm³/mol. The Bertz CT molecular complexity index is 1020. The Balaban J connectivity index is 2.85. The van der Waals surface area contributed by atoms with Gasteiger partial charge in [-0.1, -0.05) is 17.7 Å². The summed E-state index contributed by atoms with van der Waals surface area (Å²) in [5.74, 6) is -1.78. The van der Waals surface area contributed by atoms with Crippen molar-refractivity contribution in [2.75, 3.05) is 13.2 Å². The monoisotopic (exact) mass is 557 g/mol. The molecule has 0 aromatic heterocycles. The third kappa shape index (κ3) is 13.2. The second-order valence-corrected chi connectivity index (χ2v) is 12.6. The van der Waals surface area contributed by atoms with Gasteiger partial charge in [0.1, 0.15) is 17.2 Å². The Morgan fingerprint density at radius 1 is 0.868 bits per heavy atom. The maximum atomic E-state index is 12.8. The molecule has 0 aliphatic carbocycles. The van der Waals surface area contributed by atoms with Crippen molar-refractivity contribution in [3.63, 3.8) is 0 Å². The van der Waals surface area contributed by atoms with Crippen LogP contribution in [0.2, 0.25) is 0 Å². The summed E-state index contributed by atoms with van der Waals surface area (Å²) in [5, 5.41) is 2.54. The van der Waals surface area contributed by atoms with Crippen molar-refractivity contribution in [2.45, 2.75) is 103 Å². The van der Waals surface area contributed by atoms with Gasteiger partial charge in [-0.3, -0.25) is 8.98 Å². The van der Waals surface area contributed by atoms with E-state index in [4.69, 9.17) is 18.4 Å². The van der Waals surface area contributed by atoms with E-state index in [-0.39, 0.29) is 43.8 Å².